The quantitative estimate of drug-likeness (QED) is 0.767. The average Bonchev–Trinajstić information content (AvgIpc) is 2.43. The Labute approximate surface area is 114 Å². The first-order valence-electron chi connectivity index (χ1n) is 6.57. The molecule has 1 aromatic heterocycles. The van der Waals surface area contributed by atoms with Crippen LogP contribution >= 0.6 is 0 Å². The number of nitrogens with two attached hydrogens (primary N) is 1. The molecule has 6 heteroatoms. The van der Waals surface area contributed by atoms with E-state index in [9.17, 15) is 4.79 Å². The molecule has 1 heterocycles. The van der Waals surface area contributed by atoms with Gasteiger partial charge in [-0.3, -0.25) is 4.79 Å². The first-order valence-corrected chi connectivity index (χ1v) is 6.57. The zero-order chi connectivity index (χ0) is 14.3. The van der Waals surface area contributed by atoms with Crippen molar-refractivity contribution in [3.8, 4) is 0 Å². The minimum atomic E-state index is -0.145. The fourth-order valence-corrected chi connectivity index (χ4v) is 1.70. The molecule has 0 saturated carbocycles. The van der Waals surface area contributed by atoms with Gasteiger partial charge in [0.25, 0.3) is 5.91 Å². The van der Waals surface area contributed by atoms with Gasteiger partial charge in [0.2, 0.25) is 0 Å². The summed E-state index contributed by atoms with van der Waals surface area (Å²) >= 11 is 0. The highest BCUT2D eigenvalue weighted by molar-refractivity contribution is 5.91. The van der Waals surface area contributed by atoms with Crippen LogP contribution in [0.15, 0.2) is 12.1 Å². The number of hydrogen-bond acceptors (Lipinski definition) is 5. The van der Waals surface area contributed by atoms with Crippen molar-refractivity contribution in [2.24, 2.45) is 11.7 Å². The Bertz CT molecular complexity index is 391. The van der Waals surface area contributed by atoms with Gasteiger partial charge in [-0.2, -0.15) is 0 Å². The van der Waals surface area contributed by atoms with Gasteiger partial charge in [0.1, 0.15) is 5.82 Å². The zero-order valence-electron chi connectivity index (χ0n) is 11.9. The van der Waals surface area contributed by atoms with E-state index in [2.05, 4.69) is 22.4 Å². The van der Waals surface area contributed by atoms with Gasteiger partial charge < -0.3 is 16.0 Å². The zero-order valence-corrected chi connectivity index (χ0v) is 11.9. The van der Waals surface area contributed by atoms with Crippen LogP contribution in [0.2, 0.25) is 0 Å². The smallest absolute Gasteiger partial charge is 0.273 e. The maximum Gasteiger partial charge on any atom is 0.273 e. The first-order chi connectivity index (χ1) is 9.08. The second kappa shape index (κ2) is 7.68. The summed E-state index contributed by atoms with van der Waals surface area (Å²) in [5, 5.41) is 11.2. The van der Waals surface area contributed by atoms with Gasteiger partial charge in [0.05, 0.1) is 0 Å². The minimum absolute atomic E-state index is 0.145. The van der Waals surface area contributed by atoms with Gasteiger partial charge in [-0.15, -0.1) is 10.2 Å². The maximum absolute atomic E-state index is 11.6. The van der Waals surface area contributed by atoms with Gasteiger partial charge in [0.15, 0.2) is 5.69 Å². The third-order valence-electron chi connectivity index (χ3n) is 3.01. The summed E-state index contributed by atoms with van der Waals surface area (Å²) in [5.74, 6) is 1.08. The van der Waals surface area contributed by atoms with E-state index in [1.807, 2.05) is 0 Å². The van der Waals surface area contributed by atoms with Crippen molar-refractivity contribution in [2.75, 3.05) is 32.5 Å². The number of anilines is 1. The molecule has 0 spiro atoms. The third-order valence-corrected chi connectivity index (χ3v) is 3.01. The van der Waals surface area contributed by atoms with Crippen LogP contribution in [-0.2, 0) is 0 Å². The lowest BCUT2D eigenvalue weighted by Crippen LogP contribution is -2.23. The summed E-state index contributed by atoms with van der Waals surface area (Å²) in [7, 11) is 3.38. The fourth-order valence-electron chi connectivity index (χ4n) is 1.70. The van der Waals surface area contributed by atoms with Crippen LogP contribution in [0.25, 0.3) is 0 Å². The molecule has 19 heavy (non-hydrogen) atoms. The standard InChI is InChI=1S/C13H23N5O/c1-4-10(7-8-14)9-15-12-6-5-11(16-17-12)13(19)18(2)3/h5-6,10H,4,7-9,14H2,1-3H3,(H,15,17). The minimum Gasteiger partial charge on any atom is -0.368 e. The molecule has 6 nitrogen and oxygen atoms in total. The molecular weight excluding hydrogens is 242 g/mol. The van der Waals surface area contributed by atoms with Gasteiger partial charge in [-0.05, 0) is 31.0 Å². The normalized spacial score (nSPS) is 12.0. The largest absolute Gasteiger partial charge is 0.368 e. The van der Waals surface area contributed by atoms with E-state index in [0.717, 1.165) is 19.4 Å². The number of carbonyl (C=O) groups is 1. The molecule has 1 amide bonds. The number of nitrogens with one attached hydrogen (secondary N) is 1. The number of aromatic nitrogens is 2. The summed E-state index contributed by atoms with van der Waals surface area (Å²) in [6.45, 7) is 3.66. The SMILES string of the molecule is CCC(CCN)CNc1ccc(C(=O)N(C)C)nn1. The summed E-state index contributed by atoms with van der Waals surface area (Å²) in [5.41, 5.74) is 5.91. The Hall–Kier alpha value is -1.69. The Morgan fingerprint density at radius 1 is 1.42 bits per heavy atom. The van der Waals surface area contributed by atoms with Crippen LogP contribution in [0.4, 0.5) is 5.82 Å². The summed E-state index contributed by atoms with van der Waals surface area (Å²) in [6.07, 6.45) is 2.07. The van der Waals surface area contributed by atoms with Gasteiger partial charge >= 0.3 is 0 Å². The Balaban J connectivity index is 2.55. The van der Waals surface area contributed by atoms with Gasteiger partial charge in [0, 0.05) is 20.6 Å². The van der Waals surface area contributed by atoms with E-state index in [4.69, 9.17) is 5.73 Å². The predicted octanol–water partition coefficient (Wildman–Crippen LogP) is 0.965. The Morgan fingerprint density at radius 3 is 2.63 bits per heavy atom. The van der Waals surface area contributed by atoms with E-state index >= 15 is 0 Å². The maximum atomic E-state index is 11.6. The molecule has 3 N–H and O–H groups in total. The van der Waals surface area contributed by atoms with Crippen LogP contribution in [0.1, 0.15) is 30.3 Å². The van der Waals surface area contributed by atoms with E-state index in [0.29, 0.717) is 24.0 Å². The number of rotatable bonds is 7. The van der Waals surface area contributed by atoms with Crippen LogP contribution < -0.4 is 11.1 Å². The van der Waals surface area contributed by atoms with Crippen molar-refractivity contribution in [2.45, 2.75) is 19.8 Å². The van der Waals surface area contributed by atoms with Gasteiger partial charge in [-0.1, -0.05) is 13.3 Å². The molecule has 0 bridgehead atoms. The molecule has 1 atom stereocenters. The van der Waals surface area contributed by atoms with Crippen molar-refractivity contribution >= 4 is 11.7 Å². The van der Waals surface area contributed by atoms with Crippen molar-refractivity contribution in [3.63, 3.8) is 0 Å². The number of amides is 1. The predicted molar refractivity (Wildman–Crippen MR) is 76.0 cm³/mol. The van der Waals surface area contributed by atoms with E-state index in [1.54, 1.807) is 26.2 Å². The second-order valence-electron chi connectivity index (χ2n) is 4.74. The van der Waals surface area contributed by atoms with E-state index < -0.39 is 0 Å². The fraction of sp³-hybridized carbons (Fsp3) is 0.615. The molecule has 1 rings (SSSR count). The third kappa shape index (κ3) is 4.82. The number of carbonyl (C=O) groups excluding carboxylic acids is 1. The Morgan fingerprint density at radius 2 is 2.16 bits per heavy atom. The van der Waals surface area contributed by atoms with Gasteiger partial charge in [-0.25, -0.2) is 0 Å². The molecule has 0 saturated heterocycles. The molecule has 1 aromatic rings. The van der Waals surface area contributed by atoms with Crippen LogP contribution in [0.5, 0.6) is 0 Å². The highest BCUT2D eigenvalue weighted by Gasteiger charge is 2.10. The molecule has 106 valence electrons. The summed E-state index contributed by atoms with van der Waals surface area (Å²) in [6, 6.07) is 3.46. The molecule has 0 aliphatic rings. The average molecular weight is 265 g/mol. The topological polar surface area (TPSA) is 84.1 Å². The highest BCUT2D eigenvalue weighted by atomic mass is 16.2. The first kappa shape index (κ1) is 15.4. The molecular formula is C13H23N5O. The lowest BCUT2D eigenvalue weighted by molar-refractivity contribution is 0.0821. The van der Waals surface area contributed by atoms with Crippen LogP contribution in [0.3, 0.4) is 0 Å². The summed E-state index contributed by atoms with van der Waals surface area (Å²) < 4.78 is 0. The molecule has 0 aliphatic heterocycles. The number of nitrogens with zero attached hydrogens (tertiary/aromatic N) is 3. The number of hydrogen-bond donors (Lipinski definition) is 2. The second-order valence-corrected chi connectivity index (χ2v) is 4.74. The molecule has 1 unspecified atom stereocenters. The molecule has 0 aromatic carbocycles. The van der Waals surface area contributed by atoms with Crippen LogP contribution in [-0.4, -0.2) is 48.2 Å². The lowest BCUT2D eigenvalue weighted by Gasteiger charge is -2.15. The van der Waals surface area contributed by atoms with E-state index in [-0.39, 0.29) is 5.91 Å². The Kier molecular flexibility index (Phi) is 6.21. The molecule has 0 fully saturated rings. The molecule has 0 radical (unpaired) electrons. The van der Waals surface area contributed by atoms with Crippen molar-refractivity contribution in [1.82, 2.24) is 15.1 Å². The van der Waals surface area contributed by atoms with Crippen LogP contribution in [0, 0.1) is 5.92 Å². The highest BCUT2D eigenvalue weighted by Crippen LogP contribution is 2.09. The summed E-state index contributed by atoms with van der Waals surface area (Å²) in [4.78, 5) is 13.1. The monoisotopic (exact) mass is 265 g/mol. The lowest BCUT2D eigenvalue weighted by atomic mass is 10.0. The molecule has 0 aliphatic carbocycles. The van der Waals surface area contributed by atoms with E-state index in [1.165, 1.54) is 4.90 Å². The van der Waals surface area contributed by atoms with Crippen molar-refractivity contribution in [3.05, 3.63) is 17.8 Å². The van der Waals surface area contributed by atoms with Crippen molar-refractivity contribution in [1.29, 1.82) is 0 Å². The van der Waals surface area contributed by atoms with Crippen molar-refractivity contribution < 1.29 is 4.79 Å².